The summed E-state index contributed by atoms with van der Waals surface area (Å²) in [7, 11) is 0. The molecule has 4 atom stereocenters. The molecule has 2 aromatic rings. The molecule has 5 aliphatic rings. The molecule has 12 nitrogen and oxygen atoms in total. The third-order valence-corrected chi connectivity index (χ3v) is 6.63. The number of aromatic hydroxyl groups is 1. The number of ether oxygens (including phenoxy) is 4. The molecule has 12 heteroatoms. The number of hydrogen-bond donors (Lipinski definition) is 1. The Morgan fingerprint density at radius 2 is 1.18 bits per heavy atom. The molecule has 3 heterocycles. The molecule has 0 aromatic heterocycles. The van der Waals surface area contributed by atoms with Crippen LogP contribution < -0.4 is 4.74 Å². The van der Waals surface area contributed by atoms with Crippen molar-refractivity contribution in [2.75, 3.05) is 0 Å². The van der Waals surface area contributed by atoms with Gasteiger partial charge in [0.25, 0.3) is 6.47 Å². The molecule has 1 saturated carbocycles. The average molecular weight is 520 g/mol. The van der Waals surface area contributed by atoms with Gasteiger partial charge in [-0.1, -0.05) is 12.2 Å². The second-order valence-electron chi connectivity index (χ2n) is 8.75. The Morgan fingerprint density at radius 3 is 1.74 bits per heavy atom. The number of hydrogen-bond acceptors (Lipinski definition) is 12. The summed E-state index contributed by atoms with van der Waals surface area (Å²) in [6.45, 7) is 0.240. The van der Waals surface area contributed by atoms with Crippen LogP contribution in [-0.2, 0) is 28.6 Å². The van der Waals surface area contributed by atoms with Crippen LogP contribution in [0.5, 0.6) is 11.5 Å². The highest BCUT2D eigenvalue weighted by Crippen LogP contribution is 2.51. The van der Waals surface area contributed by atoms with E-state index in [1.54, 1.807) is 0 Å². The summed E-state index contributed by atoms with van der Waals surface area (Å²) in [5, 5.41) is 8.98. The first-order valence-corrected chi connectivity index (χ1v) is 11.2. The van der Waals surface area contributed by atoms with Gasteiger partial charge in [-0.2, -0.15) is 0 Å². The first-order valence-electron chi connectivity index (χ1n) is 11.2. The van der Waals surface area contributed by atoms with Crippen LogP contribution in [0.2, 0.25) is 0 Å². The largest absolute Gasteiger partial charge is 0.508 e. The molecule has 3 aliphatic heterocycles. The maximum atomic E-state index is 11.2. The molecule has 7 rings (SSSR count). The van der Waals surface area contributed by atoms with E-state index in [-0.39, 0.29) is 75.8 Å². The number of allylic oxidation sites excluding steroid dienone is 2. The second kappa shape index (κ2) is 9.39. The standard InChI is InChI=1S/C9H4O5.C9H8O3.C8H4O4/c10-4-13-5-1-2-6-7(3-5)9(12)14-8(6)11;10-8-6-4-1-2-5(3-4)7(6)9(11)12-8;9-4-1-2-5-6(3-4)8(11)12-7(5)10/h1-4H;1-2,4-7H,3H2;1-3,9H. The van der Waals surface area contributed by atoms with Crippen molar-refractivity contribution in [2.24, 2.45) is 23.7 Å². The SMILES string of the molecule is O=C1OC(=O)C2C3C=CC(C3)C12.O=C1OC(=O)c2cc(O)ccc21.O=COc1ccc2c(c1)C(=O)OC2=O. The first kappa shape index (κ1) is 24.6. The number of phenols is 1. The zero-order chi connectivity index (χ0) is 27.1. The maximum Gasteiger partial charge on any atom is 0.347 e. The van der Waals surface area contributed by atoms with Crippen molar-refractivity contribution in [2.45, 2.75) is 6.42 Å². The fourth-order valence-electron chi connectivity index (χ4n) is 4.97. The third kappa shape index (κ3) is 4.21. The van der Waals surface area contributed by atoms with Crippen LogP contribution in [0.3, 0.4) is 0 Å². The summed E-state index contributed by atoms with van der Waals surface area (Å²) in [4.78, 5) is 76.1. The van der Waals surface area contributed by atoms with E-state index in [9.17, 15) is 33.6 Å². The minimum absolute atomic E-state index is 0.0552. The summed E-state index contributed by atoms with van der Waals surface area (Å²) in [6, 6.07) is 7.98. The quantitative estimate of drug-likeness (QED) is 0.200. The van der Waals surface area contributed by atoms with Crippen LogP contribution in [0.15, 0.2) is 48.6 Å². The van der Waals surface area contributed by atoms with Gasteiger partial charge in [0.1, 0.15) is 11.5 Å². The molecule has 0 spiro atoms. The molecule has 2 bridgehead atoms. The van der Waals surface area contributed by atoms with Gasteiger partial charge in [-0.25, -0.2) is 19.2 Å². The highest BCUT2D eigenvalue weighted by molar-refractivity contribution is 6.15. The van der Waals surface area contributed by atoms with Gasteiger partial charge >= 0.3 is 35.8 Å². The zero-order valence-corrected chi connectivity index (χ0v) is 19.2. The second-order valence-corrected chi connectivity index (χ2v) is 8.75. The lowest BCUT2D eigenvalue weighted by atomic mass is 9.85. The van der Waals surface area contributed by atoms with Gasteiger partial charge in [-0.3, -0.25) is 14.4 Å². The first-order chi connectivity index (χ1) is 18.2. The highest BCUT2D eigenvalue weighted by Gasteiger charge is 2.57. The Morgan fingerprint density at radius 1 is 0.684 bits per heavy atom. The van der Waals surface area contributed by atoms with E-state index < -0.39 is 23.9 Å². The van der Waals surface area contributed by atoms with Gasteiger partial charge in [0.2, 0.25) is 0 Å². The van der Waals surface area contributed by atoms with Crippen molar-refractivity contribution in [3.05, 3.63) is 70.8 Å². The minimum Gasteiger partial charge on any atom is -0.508 e. The summed E-state index contributed by atoms with van der Waals surface area (Å²) in [5.41, 5.74) is 0.639. The van der Waals surface area contributed by atoms with Crippen molar-refractivity contribution in [1.82, 2.24) is 0 Å². The Bertz CT molecular complexity index is 1440. The monoisotopic (exact) mass is 520 g/mol. The normalized spacial score (nSPS) is 24.7. The van der Waals surface area contributed by atoms with Crippen LogP contribution in [0.1, 0.15) is 47.9 Å². The fourth-order valence-corrected chi connectivity index (χ4v) is 4.97. The van der Waals surface area contributed by atoms with Crippen LogP contribution in [0.25, 0.3) is 0 Å². The van der Waals surface area contributed by atoms with Crippen molar-refractivity contribution < 1.29 is 57.6 Å². The molecular weight excluding hydrogens is 504 g/mol. The molecule has 192 valence electrons. The Kier molecular flexibility index (Phi) is 6.07. The molecule has 1 N–H and O–H groups in total. The number of benzene rings is 2. The van der Waals surface area contributed by atoms with Crippen molar-refractivity contribution in [1.29, 1.82) is 0 Å². The molecule has 38 heavy (non-hydrogen) atoms. The summed E-state index contributed by atoms with van der Waals surface area (Å²) in [5.74, 6) is -2.96. The molecule has 1 saturated heterocycles. The van der Waals surface area contributed by atoms with E-state index in [2.05, 4.69) is 18.9 Å². The Labute approximate surface area is 212 Å². The summed E-state index contributed by atoms with van der Waals surface area (Å²) >= 11 is 0. The number of fused-ring (bicyclic) bond motifs is 7. The highest BCUT2D eigenvalue weighted by atomic mass is 16.6. The van der Waals surface area contributed by atoms with E-state index in [1.807, 2.05) is 12.2 Å². The number of carbonyl (C=O) groups excluding carboxylic acids is 7. The van der Waals surface area contributed by atoms with Crippen LogP contribution in [0.4, 0.5) is 0 Å². The smallest absolute Gasteiger partial charge is 0.347 e. The predicted octanol–water partition coefficient (Wildman–Crippen LogP) is 1.74. The van der Waals surface area contributed by atoms with Gasteiger partial charge in [0.05, 0.1) is 34.1 Å². The predicted molar refractivity (Wildman–Crippen MR) is 120 cm³/mol. The van der Waals surface area contributed by atoms with Crippen molar-refractivity contribution in [3.8, 4) is 11.5 Å². The van der Waals surface area contributed by atoms with Crippen LogP contribution in [-0.4, -0.2) is 47.4 Å². The average Bonchev–Trinajstić information content (AvgIpc) is 3.68. The Hall–Kier alpha value is -5.13. The van der Waals surface area contributed by atoms with Crippen LogP contribution in [0, 0.1) is 23.7 Å². The lowest BCUT2D eigenvalue weighted by Crippen LogP contribution is -2.21. The summed E-state index contributed by atoms with van der Waals surface area (Å²) < 4.78 is 17.7. The van der Waals surface area contributed by atoms with E-state index in [0.717, 1.165) is 6.42 Å². The molecule has 2 aromatic carbocycles. The lowest BCUT2D eigenvalue weighted by molar-refractivity contribution is -0.154. The van der Waals surface area contributed by atoms with Gasteiger partial charge in [0.15, 0.2) is 0 Å². The van der Waals surface area contributed by atoms with Gasteiger partial charge in [-0.05, 0) is 54.7 Å². The topological polar surface area (TPSA) is 177 Å². The Balaban J connectivity index is 0.000000116. The van der Waals surface area contributed by atoms with Crippen molar-refractivity contribution in [3.63, 3.8) is 0 Å². The number of carbonyl (C=O) groups is 7. The molecule has 0 amide bonds. The molecule has 0 radical (unpaired) electrons. The van der Waals surface area contributed by atoms with Gasteiger partial charge < -0.3 is 24.1 Å². The maximum absolute atomic E-state index is 11.2. The molecular formula is C26H16O12. The van der Waals surface area contributed by atoms with E-state index in [1.165, 1.54) is 36.4 Å². The van der Waals surface area contributed by atoms with E-state index in [0.29, 0.717) is 0 Å². The summed E-state index contributed by atoms with van der Waals surface area (Å²) in [6.07, 6.45) is 5.06. The van der Waals surface area contributed by atoms with Crippen molar-refractivity contribution >= 4 is 42.3 Å². The lowest BCUT2D eigenvalue weighted by Gasteiger charge is -2.12. The number of esters is 6. The minimum atomic E-state index is -0.721. The molecule has 2 fully saturated rings. The number of rotatable bonds is 2. The van der Waals surface area contributed by atoms with E-state index >= 15 is 0 Å². The number of phenolic OH excluding ortho intramolecular Hbond substituents is 1. The van der Waals surface area contributed by atoms with Gasteiger partial charge in [0, 0.05) is 0 Å². The fraction of sp³-hybridized carbons (Fsp3) is 0.192. The van der Waals surface area contributed by atoms with Crippen LogP contribution >= 0.6 is 0 Å². The van der Waals surface area contributed by atoms with Gasteiger partial charge in [-0.15, -0.1) is 0 Å². The zero-order valence-electron chi connectivity index (χ0n) is 19.2. The number of cyclic esters (lactones) is 6. The third-order valence-electron chi connectivity index (χ3n) is 6.63. The molecule has 2 aliphatic carbocycles. The molecule has 4 unspecified atom stereocenters. The van der Waals surface area contributed by atoms with E-state index in [4.69, 9.17) is 5.11 Å².